The SMILES string of the molecule is Cc1ccn2c(-c3c(-c4ccccc4)nc4cc(C)ccn34)c(-c3ccccc3)nc2c1. The van der Waals surface area contributed by atoms with Crippen molar-refractivity contribution in [2.75, 3.05) is 0 Å². The van der Waals surface area contributed by atoms with Crippen LogP contribution in [-0.4, -0.2) is 18.8 Å². The lowest BCUT2D eigenvalue weighted by molar-refractivity contribution is 1.12. The predicted molar refractivity (Wildman–Crippen MR) is 130 cm³/mol. The Balaban J connectivity index is 1.78. The number of imidazole rings is 2. The molecule has 0 fully saturated rings. The van der Waals surface area contributed by atoms with Gasteiger partial charge in [0.05, 0.1) is 22.8 Å². The number of hydrogen-bond donors (Lipinski definition) is 0. The average Bonchev–Trinajstić information content (AvgIpc) is 3.37. The van der Waals surface area contributed by atoms with Gasteiger partial charge in [-0.2, -0.15) is 0 Å². The summed E-state index contributed by atoms with van der Waals surface area (Å²) in [5.41, 5.74) is 10.4. The molecule has 4 nitrogen and oxygen atoms in total. The lowest BCUT2D eigenvalue weighted by atomic mass is 10.0. The van der Waals surface area contributed by atoms with E-state index in [2.05, 4.69) is 108 Å². The van der Waals surface area contributed by atoms with E-state index in [-0.39, 0.29) is 0 Å². The van der Waals surface area contributed by atoms with Crippen LogP contribution >= 0.6 is 0 Å². The van der Waals surface area contributed by atoms with Crippen molar-refractivity contribution in [3.05, 3.63) is 108 Å². The highest BCUT2D eigenvalue weighted by atomic mass is 15.1. The molecule has 4 aromatic heterocycles. The van der Waals surface area contributed by atoms with Crippen LogP contribution in [0.3, 0.4) is 0 Å². The number of aromatic nitrogens is 4. The molecule has 0 saturated heterocycles. The van der Waals surface area contributed by atoms with Crippen LogP contribution in [0.1, 0.15) is 11.1 Å². The molecule has 32 heavy (non-hydrogen) atoms. The molecule has 0 saturated carbocycles. The quantitative estimate of drug-likeness (QED) is 0.327. The van der Waals surface area contributed by atoms with Gasteiger partial charge in [0, 0.05) is 23.5 Å². The van der Waals surface area contributed by atoms with Crippen LogP contribution in [0.4, 0.5) is 0 Å². The molecule has 0 radical (unpaired) electrons. The van der Waals surface area contributed by atoms with Gasteiger partial charge >= 0.3 is 0 Å². The van der Waals surface area contributed by atoms with Crippen molar-refractivity contribution in [3.63, 3.8) is 0 Å². The maximum absolute atomic E-state index is 5.08. The van der Waals surface area contributed by atoms with Crippen LogP contribution in [-0.2, 0) is 0 Å². The Labute approximate surface area is 186 Å². The Hall–Kier alpha value is -4.18. The van der Waals surface area contributed by atoms with Crippen LogP contribution in [0.2, 0.25) is 0 Å². The third kappa shape index (κ3) is 2.92. The summed E-state index contributed by atoms with van der Waals surface area (Å²) in [4.78, 5) is 10.2. The summed E-state index contributed by atoms with van der Waals surface area (Å²) in [6, 6.07) is 29.3. The third-order valence-electron chi connectivity index (χ3n) is 5.88. The van der Waals surface area contributed by atoms with Crippen molar-refractivity contribution >= 4 is 11.3 Å². The van der Waals surface area contributed by atoms with Gasteiger partial charge in [0.15, 0.2) is 0 Å². The van der Waals surface area contributed by atoms with E-state index in [9.17, 15) is 0 Å². The van der Waals surface area contributed by atoms with E-state index in [1.807, 2.05) is 12.1 Å². The molecule has 154 valence electrons. The normalized spacial score (nSPS) is 11.4. The Morgan fingerprint density at radius 1 is 0.531 bits per heavy atom. The predicted octanol–water partition coefficient (Wildman–Crippen LogP) is 6.60. The lowest BCUT2D eigenvalue weighted by Gasteiger charge is -2.09. The molecule has 0 amide bonds. The zero-order valence-corrected chi connectivity index (χ0v) is 18.0. The van der Waals surface area contributed by atoms with Crippen molar-refractivity contribution in [1.29, 1.82) is 0 Å². The van der Waals surface area contributed by atoms with Crippen LogP contribution in [0, 0.1) is 13.8 Å². The van der Waals surface area contributed by atoms with E-state index in [4.69, 9.17) is 9.97 Å². The molecule has 6 rings (SSSR count). The summed E-state index contributed by atoms with van der Waals surface area (Å²) in [5.74, 6) is 0. The first-order valence-electron chi connectivity index (χ1n) is 10.8. The maximum atomic E-state index is 5.08. The van der Waals surface area contributed by atoms with Gasteiger partial charge in [-0.1, -0.05) is 60.7 Å². The summed E-state index contributed by atoms with van der Waals surface area (Å²) in [7, 11) is 0. The van der Waals surface area contributed by atoms with Gasteiger partial charge < -0.3 is 0 Å². The van der Waals surface area contributed by atoms with E-state index >= 15 is 0 Å². The molecule has 2 aromatic carbocycles. The van der Waals surface area contributed by atoms with Gasteiger partial charge in [0.1, 0.15) is 11.3 Å². The van der Waals surface area contributed by atoms with Gasteiger partial charge in [0.2, 0.25) is 0 Å². The van der Waals surface area contributed by atoms with E-state index in [0.717, 1.165) is 45.2 Å². The number of aryl methyl sites for hydroxylation is 2. The first-order chi connectivity index (χ1) is 15.7. The van der Waals surface area contributed by atoms with Crippen molar-refractivity contribution in [2.24, 2.45) is 0 Å². The molecular formula is C28H22N4. The Morgan fingerprint density at radius 2 is 0.938 bits per heavy atom. The van der Waals surface area contributed by atoms with Gasteiger partial charge in [-0.15, -0.1) is 0 Å². The summed E-state index contributed by atoms with van der Waals surface area (Å²) < 4.78 is 4.37. The second kappa shape index (κ2) is 7.20. The van der Waals surface area contributed by atoms with Crippen molar-refractivity contribution in [1.82, 2.24) is 18.8 Å². The molecule has 0 atom stereocenters. The molecule has 0 bridgehead atoms. The monoisotopic (exact) mass is 414 g/mol. The number of fused-ring (bicyclic) bond motifs is 2. The summed E-state index contributed by atoms with van der Waals surface area (Å²) >= 11 is 0. The van der Waals surface area contributed by atoms with Crippen LogP contribution in [0.25, 0.3) is 45.2 Å². The maximum Gasteiger partial charge on any atom is 0.138 e. The van der Waals surface area contributed by atoms with E-state index < -0.39 is 0 Å². The standard InChI is InChI=1S/C28H22N4/c1-19-13-15-31-23(17-19)29-25(21-9-5-3-6-10-21)27(31)28-26(22-11-7-4-8-12-22)30-24-18-20(2)14-16-32(24)28/h3-18H,1-2H3. The highest BCUT2D eigenvalue weighted by Crippen LogP contribution is 2.39. The number of nitrogens with zero attached hydrogens (tertiary/aromatic N) is 4. The number of hydrogen-bond acceptors (Lipinski definition) is 2. The van der Waals surface area contributed by atoms with Crippen molar-refractivity contribution < 1.29 is 0 Å². The number of pyridine rings is 2. The highest BCUT2D eigenvalue weighted by Gasteiger charge is 2.24. The third-order valence-corrected chi connectivity index (χ3v) is 5.88. The molecule has 6 aromatic rings. The topological polar surface area (TPSA) is 34.6 Å². The highest BCUT2D eigenvalue weighted by molar-refractivity contribution is 5.89. The van der Waals surface area contributed by atoms with Gasteiger partial charge in [-0.05, 0) is 49.2 Å². The number of benzene rings is 2. The van der Waals surface area contributed by atoms with Crippen LogP contribution in [0.5, 0.6) is 0 Å². The Kier molecular flexibility index (Phi) is 4.18. The molecule has 0 N–H and O–H groups in total. The first kappa shape index (κ1) is 18.6. The van der Waals surface area contributed by atoms with E-state index in [1.54, 1.807) is 0 Å². The molecule has 0 aliphatic rings. The van der Waals surface area contributed by atoms with Crippen LogP contribution in [0.15, 0.2) is 97.3 Å². The fourth-order valence-electron chi connectivity index (χ4n) is 4.34. The zero-order valence-electron chi connectivity index (χ0n) is 18.0. The first-order valence-corrected chi connectivity index (χ1v) is 10.8. The molecule has 4 heteroatoms. The average molecular weight is 415 g/mol. The molecule has 0 unspecified atom stereocenters. The summed E-state index contributed by atoms with van der Waals surface area (Å²) in [6.07, 6.45) is 4.23. The lowest BCUT2D eigenvalue weighted by Crippen LogP contribution is -1.96. The summed E-state index contributed by atoms with van der Waals surface area (Å²) in [5, 5.41) is 0. The fourth-order valence-corrected chi connectivity index (χ4v) is 4.34. The van der Waals surface area contributed by atoms with Gasteiger partial charge in [-0.25, -0.2) is 9.97 Å². The van der Waals surface area contributed by atoms with Crippen molar-refractivity contribution in [3.8, 4) is 33.9 Å². The number of rotatable bonds is 3. The zero-order chi connectivity index (χ0) is 21.7. The van der Waals surface area contributed by atoms with Crippen LogP contribution < -0.4 is 0 Å². The Morgan fingerprint density at radius 3 is 1.34 bits per heavy atom. The second-order valence-corrected chi connectivity index (χ2v) is 8.21. The Bertz CT molecular complexity index is 1450. The van der Waals surface area contributed by atoms with E-state index in [0.29, 0.717) is 0 Å². The van der Waals surface area contributed by atoms with E-state index in [1.165, 1.54) is 11.1 Å². The smallest absolute Gasteiger partial charge is 0.138 e. The summed E-state index contributed by atoms with van der Waals surface area (Å²) in [6.45, 7) is 4.20. The molecule has 0 aliphatic carbocycles. The van der Waals surface area contributed by atoms with Gasteiger partial charge in [-0.3, -0.25) is 8.80 Å². The van der Waals surface area contributed by atoms with Crippen molar-refractivity contribution in [2.45, 2.75) is 13.8 Å². The molecule has 0 spiro atoms. The largest absolute Gasteiger partial charge is 0.298 e. The minimum atomic E-state index is 0.930. The second-order valence-electron chi connectivity index (χ2n) is 8.21. The fraction of sp³-hybridized carbons (Fsp3) is 0.0714. The molecule has 4 heterocycles. The minimum absolute atomic E-state index is 0.930. The minimum Gasteiger partial charge on any atom is -0.298 e. The molecular weight excluding hydrogens is 392 g/mol. The van der Waals surface area contributed by atoms with Gasteiger partial charge in [0.25, 0.3) is 0 Å². The molecule has 0 aliphatic heterocycles.